The molecule has 1 aliphatic rings. The number of nitrogens with one attached hydrogen (secondary N) is 1. The second kappa shape index (κ2) is 7.10. The molecule has 0 aliphatic carbocycles. The molecule has 1 aliphatic heterocycles. The average molecular weight is 392 g/mol. The van der Waals surface area contributed by atoms with Gasteiger partial charge in [-0.3, -0.25) is 4.79 Å². The summed E-state index contributed by atoms with van der Waals surface area (Å²) in [5.41, 5.74) is 3.76. The normalized spacial score (nSPS) is 14.5. The highest BCUT2D eigenvalue weighted by molar-refractivity contribution is 7.00. The number of hydrogen-bond acceptors (Lipinski definition) is 8. The molecule has 1 amide bonds. The molecule has 140 valence electrons. The van der Waals surface area contributed by atoms with Crippen LogP contribution in [0.4, 0.5) is 11.5 Å². The van der Waals surface area contributed by atoms with E-state index in [9.17, 15) is 4.79 Å². The zero-order chi connectivity index (χ0) is 18.9. The monoisotopic (exact) mass is 392 g/mol. The molecule has 0 unspecified atom stereocenters. The number of nitrogens with zero attached hydrogens (tertiary/aromatic N) is 5. The van der Waals surface area contributed by atoms with Gasteiger partial charge >= 0.3 is 0 Å². The van der Waals surface area contributed by atoms with Gasteiger partial charge in [0.15, 0.2) is 11.5 Å². The van der Waals surface area contributed by atoms with E-state index in [1.807, 2.05) is 47.4 Å². The lowest BCUT2D eigenvalue weighted by molar-refractivity contribution is 0.102. The number of fused-ring (bicyclic) bond motifs is 2. The van der Waals surface area contributed by atoms with Gasteiger partial charge in [-0.05, 0) is 24.3 Å². The van der Waals surface area contributed by atoms with Gasteiger partial charge in [-0.2, -0.15) is 8.75 Å². The van der Waals surface area contributed by atoms with Gasteiger partial charge in [-0.1, -0.05) is 18.2 Å². The van der Waals surface area contributed by atoms with Gasteiger partial charge in [-0.15, -0.1) is 0 Å². The first kappa shape index (κ1) is 17.0. The molecule has 2 aromatic heterocycles. The number of anilines is 2. The van der Waals surface area contributed by atoms with Crippen molar-refractivity contribution in [3.05, 3.63) is 48.2 Å². The maximum Gasteiger partial charge on any atom is 0.278 e. The smallest absolute Gasteiger partial charge is 0.278 e. The predicted molar refractivity (Wildman–Crippen MR) is 108 cm³/mol. The molecule has 4 aromatic rings. The lowest BCUT2D eigenvalue weighted by Crippen LogP contribution is -2.38. The van der Waals surface area contributed by atoms with E-state index in [2.05, 4.69) is 19.0 Å². The van der Waals surface area contributed by atoms with Crippen LogP contribution in [-0.2, 0) is 4.74 Å². The van der Waals surface area contributed by atoms with Crippen molar-refractivity contribution in [1.29, 1.82) is 0 Å². The molecule has 0 radical (unpaired) electrons. The molecule has 5 rings (SSSR count). The zero-order valence-electron chi connectivity index (χ0n) is 14.8. The molecule has 0 atom stereocenters. The minimum absolute atomic E-state index is 0.292. The summed E-state index contributed by atoms with van der Waals surface area (Å²) >= 11 is 1.12. The number of ether oxygens (including phenoxy) is 1. The molecule has 0 bridgehead atoms. The second-order valence-corrected chi connectivity index (χ2v) is 6.90. The fraction of sp³-hybridized carbons (Fsp3) is 0.211. The van der Waals surface area contributed by atoms with E-state index < -0.39 is 0 Å². The zero-order valence-corrected chi connectivity index (χ0v) is 15.6. The number of carbonyl (C=O) groups excluding carboxylic acids is 1. The number of aromatic nitrogens is 4. The quantitative estimate of drug-likeness (QED) is 0.573. The van der Waals surface area contributed by atoms with Gasteiger partial charge < -0.3 is 15.0 Å². The highest BCUT2D eigenvalue weighted by Gasteiger charge is 2.23. The van der Waals surface area contributed by atoms with Gasteiger partial charge in [-0.25, -0.2) is 9.97 Å². The Morgan fingerprint density at radius 2 is 1.71 bits per heavy atom. The summed E-state index contributed by atoms with van der Waals surface area (Å²) in [6.45, 7) is 2.52. The summed E-state index contributed by atoms with van der Waals surface area (Å²) in [7, 11) is 0. The lowest BCUT2D eigenvalue weighted by atomic mass is 10.2. The van der Waals surface area contributed by atoms with E-state index >= 15 is 0 Å². The van der Waals surface area contributed by atoms with E-state index in [1.54, 1.807) is 0 Å². The third-order valence-corrected chi connectivity index (χ3v) is 5.15. The number of carbonyl (C=O) groups is 1. The number of morpholine rings is 1. The standard InChI is InChI=1S/C19H16N6O2S/c26-19(22-14-6-3-7-15-16(14)24-28-23-15)17-18(25-8-10-27-11-9-25)21-13-5-2-1-4-12(13)20-17/h1-7H,8-11H2,(H,22,26). The highest BCUT2D eigenvalue weighted by Crippen LogP contribution is 2.25. The van der Waals surface area contributed by atoms with Gasteiger partial charge in [0.2, 0.25) is 0 Å². The molecule has 9 heteroatoms. The van der Waals surface area contributed by atoms with Gasteiger partial charge in [0, 0.05) is 13.1 Å². The summed E-state index contributed by atoms with van der Waals surface area (Å²) in [6.07, 6.45) is 0. The largest absolute Gasteiger partial charge is 0.378 e. The third-order valence-electron chi connectivity index (χ3n) is 4.61. The summed E-state index contributed by atoms with van der Waals surface area (Å²) in [5, 5.41) is 2.94. The topological polar surface area (TPSA) is 93.1 Å². The van der Waals surface area contributed by atoms with Crippen molar-refractivity contribution in [2.24, 2.45) is 0 Å². The highest BCUT2D eigenvalue weighted by atomic mass is 32.1. The Kier molecular flexibility index (Phi) is 4.30. The molecule has 1 fully saturated rings. The number of hydrogen-bond donors (Lipinski definition) is 1. The summed E-state index contributed by atoms with van der Waals surface area (Å²) in [6, 6.07) is 13.1. The number of para-hydroxylation sites is 2. The Bertz CT molecular complexity index is 1170. The molecule has 1 saturated heterocycles. The van der Waals surface area contributed by atoms with Crippen LogP contribution < -0.4 is 10.2 Å². The molecule has 0 saturated carbocycles. The van der Waals surface area contributed by atoms with Crippen LogP contribution in [0.2, 0.25) is 0 Å². The van der Waals surface area contributed by atoms with Crippen LogP contribution in [0.5, 0.6) is 0 Å². The molecular weight excluding hydrogens is 376 g/mol. The van der Waals surface area contributed by atoms with Crippen molar-refractivity contribution < 1.29 is 9.53 Å². The summed E-state index contributed by atoms with van der Waals surface area (Å²) < 4.78 is 13.9. The van der Waals surface area contributed by atoms with Crippen molar-refractivity contribution in [2.75, 3.05) is 36.5 Å². The summed E-state index contributed by atoms with van der Waals surface area (Å²) in [4.78, 5) is 24.6. The first-order chi connectivity index (χ1) is 13.8. The van der Waals surface area contributed by atoms with Gasteiger partial charge in [0.1, 0.15) is 11.0 Å². The van der Waals surface area contributed by atoms with Crippen LogP contribution in [0, 0.1) is 0 Å². The molecule has 8 nitrogen and oxygen atoms in total. The molecule has 28 heavy (non-hydrogen) atoms. The fourth-order valence-corrected chi connectivity index (χ4v) is 3.78. The number of amides is 1. The molecule has 1 N–H and O–H groups in total. The van der Waals surface area contributed by atoms with Crippen LogP contribution >= 0.6 is 11.7 Å². The average Bonchev–Trinajstić information content (AvgIpc) is 3.23. The minimum atomic E-state index is -0.319. The fourth-order valence-electron chi connectivity index (χ4n) is 3.23. The number of benzene rings is 2. The Morgan fingerprint density at radius 1 is 0.964 bits per heavy atom. The van der Waals surface area contributed by atoms with Crippen molar-refractivity contribution in [1.82, 2.24) is 18.7 Å². The van der Waals surface area contributed by atoms with E-state index in [0.717, 1.165) is 22.8 Å². The first-order valence-electron chi connectivity index (χ1n) is 8.92. The minimum Gasteiger partial charge on any atom is -0.378 e. The van der Waals surface area contributed by atoms with Crippen molar-refractivity contribution in [2.45, 2.75) is 0 Å². The number of rotatable bonds is 3. The molecule has 0 spiro atoms. The van der Waals surface area contributed by atoms with E-state index in [4.69, 9.17) is 9.72 Å². The van der Waals surface area contributed by atoms with Crippen LogP contribution in [0.1, 0.15) is 10.5 Å². The van der Waals surface area contributed by atoms with Crippen molar-refractivity contribution >= 4 is 51.2 Å². The van der Waals surface area contributed by atoms with Crippen LogP contribution in [0.15, 0.2) is 42.5 Å². The Labute approximate surface area is 164 Å². The van der Waals surface area contributed by atoms with E-state index in [0.29, 0.717) is 54.5 Å². The lowest BCUT2D eigenvalue weighted by Gasteiger charge is -2.29. The van der Waals surface area contributed by atoms with Gasteiger partial charge in [0.25, 0.3) is 5.91 Å². The van der Waals surface area contributed by atoms with Gasteiger partial charge in [0.05, 0.1) is 41.7 Å². The Hall–Kier alpha value is -3.17. The Morgan fingerprint density at radius 3 is 2.54 bits per heavy atom. The van der Waals surface area contributed by atoms with Crippen LogP contribution in [0.25, 0.3) is 22.1 Å². The van der Waals surface area contributed by atoms with Crippen LogP contribution in [0.3, 0.4) is 0 Å². The first-order valence-corrected chi connectivity index (χ1v) is 9.65. The maximum absolute atomic E-state index is 13.2. The van der Waals surface area contributed by atoms with Crippen LogP contribution in [-0.4, -0.2) is 50.9 Å². The second-order valence-electron chi connectivity index (χ2n) is 6.38. The Balaban J connectivity index is 1.57. The summed E-state index contributed by atoms with van der Waals surface area (Å²) in [5.74, 6) is 0.253. The third kappa shape index (κ3) is 3.04. The van der Waals surface area contributed by atoms with Crippen molar-refractivity contribution in [3.63, 3.8) is 0 Å². The van der Waals surface area contributed by atoms with Crippen molar-refractivity contribution in [3.8, 4) is 0 Å². The maximum atomic E-state index is 13.2. The SMILES string of the molecule is O=C(Nc1cccc2nsnc12)c1nc2ccccc2nc1N1CCOCC1. The molecular formula is C19H16N6O2S. The van der Waals surface area contributed by atoms with E-state index in [-0.39, 0.29) is 5.91 Å². The van der Waals surface area contributed by atoms with E-state index in [1.165, 1.54) is 0 Å². The predicted octanol–water partition coefficient (Wildman–Crippen LogP) is 2.72. The molecule has 2 aromatic carbocycles. The molecule has 3 heterocycles.